The Hall–Kier alpha value is -2.17. The van der Waals surface area contributed by atoms with Gasteiger partial charge in [0, 0.05) is 0 Å². The molecule has 1 aromatic carbocycles. The van der Waals surface area contributed by atoms with Crippen LogP contribution in [0.5, 0.6) is 0 Å². The van der Waals surface area contributed by atoms with Crippen LogP contribution in [0.4, 0.5) is 0 Å². The Morgan fingerprint density at radius 1 is 1.24 bits per heavy atom. The average molecular weight is 232 g/mol. The first-order chi connectivity index (χ1) is 8.19. The zero-order valence-electron chi connectivity index (χ0n) is 9.38. The van der Waals surface area contributed by atoms with E-state index in [9.17, 15) is 9.59 Å². The molecule has 5 heteroatoms. The van der Waals surface area contributed by atoms with Crippen molar-refractivity contribution in [3.63, 3.8) is 0 Å². The third-order valence-corrected chi connectivity index (χ3v) is 2.77. The van der Waals surface area contributed by atoms with Gasteiger partial charge in [-0.25, -0.2) is 0 Å². The molecule has 88 valence electrons. The van der Waals surface area contributed by atoms with Crippen LogP contribution >= 0.6 is 0 Å². The van der Waals surface area contributed by atoms with E-state index in [1.807, 2.05) is 0 Å². The van der Waals surface area contributed by atoms with Crippen molar-refractivity contribution in [2.45, 2.75) is 13.3 Å². The topological polar surface area (TPSA) is 70.0 Å². The van der Waals surface area contributed by atoms with Gasteiger partial charge in [0.1, 0.15) is 0 Å². The molecule has 0 aliphatic carbocycles. The first-order valence-electron chi connectivity index (χ1n) is 5.34. The lowest BCUT2D eigenvalue weighted by Crippen LogP contribution is -2.34. The normalized spacial score (nSPS) is 15.4. The standard InChI is InChI=1S/C12H12N2O3/c1-2-8(13-17)7-14-11(15)9-5-3-4-6-10(9)12(14)16/h3-6,17H,2,7H2,1H3/b13-8+. The highest BCUT2D eigenvalue weighted by molar-refractivity contribution is 6.22. The van der Waals surface area contributed by atoms with Crippen LogP contribution in [0.15, 0.2) is 29.4 Å². The van der Waals surface area contributed by atoms with Gasteiger partial charge in [0.05, 0.1) is 23.4 Å². The molecule has 1 aliphatic heterocycles. The Morgan fingerprint density at radius 3 is 2.18 bits per heavy atom. The number of nitrogens with zero attached hydrogens (tertiary/aromatic N) is 2. The third kappa shape index (κ3) is 1.80. The summed E-state index contributed by atoms with van der Waals surface area (Å²) >= 11 is 0. The average Bonchev–Trinajstić information content (AvgIpc) is 2.61. The molecule has 0 spiro atoms. The SMILES string of the molecule is CC/C(CN1C(=O)c2ccccc2C1=O)=N\O. The fraction of sp³-hybridized carbons (Fsp3) is 0.250. The van der Waals surface area contributed by atoms with Crippen LogP contribution in [0.1, 0.15) is 34.1 Å². The first kappa shape index (κ1) is 11.3. The van der Waals surface area contributed by atoms with Crippen LogP contribution in [-0.2, 0) is 0 Å². The van der Waals surface area contributed by atoms with Gasteiger partial charge in [-0.05, 0) is 18.6 Å². The summed E-state index contributed by atoms with van der Waals surface area (Å²) in [6.45, 7) is 1.84. The Balaban J connectivity index is 2.30. The zero-order chi connectivity index (χ0) is 12.4. The molecule has 1 N–H and O–H groups in total. The maximum absolute atomic E-state index is 11.9. The number of fused-ring (bicyclic) bond motifs is 1. The van der Waals surface area contributed by atoms with Gasteiger partial charge in [-0.15, -0.1) is 0 Å². The van der Waals surface area contributed by atoms with Crippen LogP contribution in [0.25, 0.3) is 0 Å². The van der Waals surface area contributed by atoms with Crippen LogP contribution in [0.2, 0.25) is 0 Å². The number of hydrogen-bond acceptors (Lipinski definition) is 4. The van der Waals surface area contributed by atoms with Crippen molar-refractivity contribution in [2.75, 3.05) is 6.54 Å². The van der Waals surface area contributed by atoms with Crippen molar-refractivity contribution in [3.8, 4) is 0 Å². The Morgan fingerprint density at radius 2 is 1.76 bits per heavy atom. The number of rotatable bonds is 3. The van der Waals surface area contributed by atoms with Crippen LogP contribution in [0.3, 0.4) is 0 Å². The molecule has 0 fully saturated rings. The van der Waals surface area contributed by atoms with Gasteiger partial charge in [-0.3, -0.25) is 14.5 Å². The van der Waals surface area contributed by atoms with Crippen molar-refractivity contribution in [1.29, 1.82) is 0 Å². The van der Waals surface area contributed by atoms with Gasteiger partial charge in [0.2, 0.25) is 0 Å². The Labute approximate surface area is 98.3 Å². The third-order valence-electron chi connectivity index (χ3n) is 2.77. The van der Waals surface area contributed by atoms with E-state index in [4.69, 9.17) is 5.21 Å². The number of carbonyl (C=O) groups is 2. The van der Waals surface area contributed by atoms with Crippen LogP contribution in [-0.4, -0.2) is 34.2 Å². The van der Waals surface area contributed by atoms with Crippen molar-refractivity contribution in [3.05, 3.63) is 35.4 Å². The first-order valence-corrected chi connectivity index (χ1v) is 5.34. The second-order valence-electron chi connectivity index (χ2n) is 3.76. The Kier molecular flexibility index (Phi) is 2.91. The van der Waals surface area contributed by atoms with E-state index < -0.39 is 0 Å². The molecule has 0 saturated carbocycles. The lowest BCUT2D eigenvalue weighted by molar-refractivity contribution is 0.0676. The number of carbonyl (C=O) groups excluding carboxylic acids is 2. The van der Waals surface area contributed by atoms with Gasteiger partial charge in [0.15, 0.2) is 0 Å². The maximum Gasteiger partial charge on any atom is 0.261 e. The predicted molar refractivity (Wildman–Crippen MR) is 61.3 cm³/mol. The lowest BCUT2D eigenvalue weighted by atomic mass is 10.1. The molecule has 0 unspecified atom stereocenters. The van der Waals surface area contributed by atoms with E-state index in [2.05, 4.69) is 5.16 Å². The molecule has 2 amide bonds. The molecule has 0 aromatic heterocycles. The summed E-state index contributed by atoms with van der Waals surface area (Å²) in [5, 5.41) is 11.8. The Bertz CT molecular complexity index is 473. The second kappa shape index (κ2) is 4.37. The quantitative estimate of drug-likeness (QED) is 0.372. The lowest BCUT2D eigenvalue weighted by Gasteiger charge is -2.13. The van der Waals surface area contributed by atoms with E-state index >= 15 is 0 Å². The predicted octanol–water partition coefficient (Wildman–Crippen LogP) is 1.52. The summed E-state index contributed by atoms with van der Waals surface area (Å²) in [7, 11) is 0. The molecule has 0 atom stereocenters. The van der Waals surface area contributed by atoms with E-state index in [-0.39, 0.29) is 18.4 Å². The van der Waals surface area contributed by atoms with E-state index in [1.54, 1.807) is 31.2 Å². The monoisotopic (exact) mass is 232 g/mol. The molecule has 1 aromatic rings. The van der Waals surface area contributed by atoms with Crippen LogP contribution < -0.4 is 0 Å². The number of benzene rings is 1. The minimum Gasteiger partial charge on any atom is -0.411 e. The van der Waals surface area contributed by atoms with Gasteiger partial charge < -0.3 is 5.21 Å². The van der Waals surface area contributed by atoms with Crippen LogP contribution in [0, 0.1) is 0 Å². The fourth-order valence-corrected chi connectivity index (χ4v) is 1.78. The van der Waals surface area contributed by atoms with E-state index in [0.29, 0.717) is 23.3 Å². The highest BCUT2D eigenvalue weighted by Crippen LogP contribution is 2.22. The summed E-state index contributed by atoms with van der Waals surface area (Å²) in [6, 6.07) is 6.68. The number of oxime groups is 1. The molecule has 0 radical (unpaired) electrons. The van der Waals surface area contributed by atoms with Crippen molar-refractivity contribution in [1.82, 2.24) is 4.90 Å². The zero-order valence-corrected chi connectivity index (χ0v) is 9.38. The second-order valence-corrected chi connectivity index (χ2v) is 3.76. The molecule has 5 nitrogen and oxygen atoms in total. The molecular formula is C12H12N2O3. The smallest absolute Gasteiger partial charge is 0.261 e. The maximum atomic E-state index is 11.9. The largest absolute Gasteiger partial charge is 0.411 e. The number of hydrogen-bond donors (Lipinski definition) is 1. The van der Waals surface area contributed by atoms with Gasteiger partial charge in [0.25, 0.3) is 11.8 Å². The van der Waals surface area contributed by atoms with E-state index in [1.165, 1.54) is 0 Å². The molecule has 0 bridgehead atoms. The molecule has 2 rings (SSSR count). The molecule has 1 aliphatic rings. The fourth-order valence-electron chi connectivity index (χ4n) is 1.78. The molecule has 17 heavy (non-hydrogen) atoms. The molecular weight excluding hydrogens is 220 g/mol. The summed E-state index contributed by atoms with van der Waals surface area (Å²) in [6.07, 6.45) is 0.490. The van der Waals surface area contributed by atoms with Crippen molar-refractivity contribution in [2.24, 2.45) is 5.16 Å². The van der Waals surface area contributed by atoms with E-state index in [0.717, 1.165) is 4.90 Å². The minimum absolute atomic E-state index is 0.0410. The summed E-state index contributed by atoms with van der Waals surface area (Å²) in [4.78, 5) is 25.0. The highest BCUT2D eigenvalue weighted by atomic mass is 16.4. The van der Waals surface area contributed by atoms with Crippen molar-refractivity contribution >= 4 is 17.5 Å². The van der Waals surface area contributed by atoms with Crippen molar-refractivity contribution < 1.29 is 14.8 Å². The van der Waals surface area contributed by atoms with Gasteiger partial charge in [-0.1, -0.05) is 24.2 Å². The molecule has 0 saturated heterocycles. The molecule has 1 heterocycles. The minimum atomic E-state index is -0.333. The summed E-state index contributed by atoms with van der Waals surface area (Å²) in [5.74, 6) is -0.666. The summed E-state index contributed by atoms with van der Waals surface area (Å²) in [5.41, 5.74) is 1.22. The summed E-state index contributed by atoms with van der Waals surface area (Å²) < 4.78 is 0. The van der Waals surface area contributed by atoms with Gasteiger partial charge >= 0.3 is 0 Å². The number of amides is 2. The van der Waals surface area contributed by atoms with Gasteiger partial charge in [-0.2, -0.15) is 0 Å². The number of imide groups is 1. The highest BCUT2D eigenvalue weighted by Gasteiger charge is 2.35.